The van der Waals surface area contributed by atoms with E-state index < -0.39 is 0 Å². The maximum absolute atomic E-state index is 13.1. The van der Waals surface area contributed by atoms with Crippen LogP contribution in [0.4, 0.5) is 4.39 Å². The molecule has 0 atom stereocenters. The molecule has 0 fully saturated rings. The van der Waals surface area contributed by atoms with E-state index in [0.717, 1.165) is 11.3 Å². The second-order valence-electron chi connectivity index (χ2n) is 3.91. The van der Waals surface area contributed by atoms with Crippen molar-refractivity contribution in [2.24, 2.45) is 0 Å². The SMILES string of the molecule is Cc1ccc(F)cc1-n1cc(CCCO)nn1. The molecule has 0 aliphatic heterocycles. The fourth-order valence-electron chi connectivity index (χ4n) is 1.62. The number of benzene rings is 1. The predicted molar refractivity (Wildman–Crippen MR) is 61.5 cm³/mol. The van der Waals surface area contributed by atoms with Gasteiger partial charge in [0.2, 0.25) is 0 Å². The Morgan fingerprint density at radius 1 is 1.41 bits per heavy atom. The molecule has 0 amide bonds. The molecular weight excluding hydrogens is 221 g/mol. The number of aromatic nitrogens is 3. The molecule has 2 aromatic rings. The van der Waals surface area contributed by atoms with Gasteiger partial charge in [-0.05, 0) is 37.5 Å². The quantitative estimate of drug-likeness (QED) is 0.876. The third-order valence-corrected chi connectivity index (χ3v) is 2.55. The molecule has 0 saturated heterocycles. The molecule has 2 rings (SSSR count). The van der Waals surface area contributed by atoms with Crippen LogP contribution in [0.15, 0.2) is 24.4 Å². The topological polar surface area (TPSA) is 50.9 Å². The average molecular weight is 235 g/mol. The molecule has 5 heteroatoms. The molecule has 0 aliphatic carbocycles. The van der Waals surface area contributed by atoms with Crippen molar-refractivity contribution in [3.05, 3.63) is 41.5 Å². The molecular formula is C12H14FN3O. The van der Waals surface area contributed by atoms with E-state index >= 15 is 0 Å². The number of aliphatic hydroxyl groups excluding tert-OH is 1. The lowest BCUT2D eigenvalue weighted by atomic mass is 10.2. The van der Waals surface area contributed by atoms with Crippen molar-refractivity contribution in [3.63, 3.8) is 0 Å². The van der Waals surface area contributed by atoms with Crippen LogP contribution in [0.5, 0.6) is 0 Å². The summed E-state index contributed by atoms with van der Waals surface area (Å²) in [4.78, 5) is 0. The Kier molecular flexibility index (Phi) is 3.49. The minimum Gasteiger partial charge on any atom is -0.396 e. The second-order valence-corrected chi connectivity index (χ2v) is 3.91. The minimum absolute atomic E-state index is 0.131. The number of hydrogen-bond acceptors (Lipinski definition) is 3. The standard InChI is InChI=1S/C12H14FN3O/c1-9-4-5-10(13)7-12(9)16-8-11(14-15-16)3-2-6-17/h4-5,7-8,17H,2-3,6H2,1H3. The van der Waals surface area contributed by atoms with Gasteiger partial charge in [0.15, 0.2) is 0 Å². The van der Waals surface area contributed by atoms with Gasteiger partial charge in [0.1, 0.15) is 5.82 Å². The van der Waals surface area contributed by atoms with Crippen molar-refractivity contribution < 1.29 is 9.50 Å². The van der Waals surface area contributed by atoms with Crippen LogP contribution in [-0.4, -0.2) is 26.7 Å². The first-order valence-corrected chi connectivity index (χ1v) is 5.49. The molecule has 1 aromatic carbocycles. The molecule has 0 spiro atoms. The highest BCUT2D eigenvalue weighted by molar-refractivity contribution is 5.39. The van der Waals surface area contributed by atoms with Crippen molar-refractivity contribution in [1.82, 2.24) is 15.0 Å². The highest BCUT2D eigenvalue weighted by Gasteiger charge is 2.06. The van der Waals surface area contributed by atoms with E-state index in [1.54, 1.807) is 16.9 Å². The first kappa shape index (κ1) is 11.7. The summed E-state index contributed by atoms with van der Waals surface area (Å²) in [5.41, 5.74) is 2.42. The number of hydrogen-bond donors (Lipinski definition) is 1. The number of aliphatic hydroxyl groups is 1. The van der Waals surface area contributed by atoms with Crippen LogP contribution in [0, 0.1) is 12.7 Å². The Labute approximate surface area is 98.7 Å². The Hall–Kier alpha value is -1.75. The van der Waals surface area contributed by atoms with E-state index in [9.17, 15) is 4.39 Å². The van der Waals surface area contributed by atoms with Gasteiger partial charge in [-0.15, -0.1) is 5.10 Å². The summed E-state index contributed by atoms with van der Waals surface area (Å²) in [7, 11) is 0. The van der Waals surface area contributed by atoms with Crippen LogP contribution in [0.3, 0.4) is 0 Å². The Morgan fingerprint density at radius 3 is 3.00 bits per heavy atom. The highest BCUT2D eigenvalue weighted by Crippen LogP contribution is 2.14. The smallest absolute Gasteiger partial charge is 0.125 e. The van der Waals surface area contributed by atoms with Gasteiger partial charge in [-0.3, -0.25) is 0 Å². The lowest BCUT2D eigenvalue weighted by molar-refractivity contribution is 0.288. The zero-order chi connectivity index (χ0) is 12.3. The Morgan fingerprint density at radius 2 is 2.24 bits per heavy atom. The van der Waals surface area contributed by atoms with Gasteiger partial charge in [0, 0.05) is 6.61 Å². The zero-order valence-corrected chi connectivity index (χ0v) is 9.60. The van der Waals surface area contributed by atoms with Gasteiger partial charge in [-0.2, -0.15) is 0 Å². The molecule has 0 saturated carbocycles. The third kappa shape index (κ3) is 2.68. The van der Waals surface area contributed by atoms with E-state index in [-0.39, 0.29) is 12.4 Å². The van der Waals surface area contributed by atoms with Crippen molar-refractivity contribution in [2.45, 2.75) is 19.8 Å². The average Bonchev–Trinajstić information content (AvgIpc) is 2.78. The summed E-state index contributed by atoms with van der Waals surface area (Å²) in [5.74, 6) is -0.294. The van der Waals surface area contributed by atoms with E-state index in [0.29, 0.717) is 18.5 Å². The van der Waals surface area contributed by atoms with Crippen molar-refractivity contribution >= 4 is 0 Å². The van der Waals surface area contributed by atoms with E-state index in [1.165, 1.54) is 12.1 Å². The van der Waals surface area contributed by atoms with Crippen molar-refractivity contribution in [3.8, 4) is 5.69 Å². The third-order valence-electron chi connectivity index (χ3n) is 2.55. The highest BCUT2D eigenvalue weighted by atomic mass is 19.1. The van der Waals surface area contributed by atoms with Crippen LogP contribution < -0.4 is 0 Å². The molecule has 0 radical (unpaired) electrons. The van der Waals surface area contributed by atoms with E-state index in [1.807, 2.05) is 6.92 Å². The first-order chi connectivity index (χ1) is 8.20. The molecule has 0 aliphatic rings. The van der Waals surface area contributed by atoms with Crippen LogP contribution >= 0.6 is 0 Å². The molecule has 4 nitrogen and oxygen atoms in total. The maximum Gasteiger partial charge on any atom is 0.125 e. The molecule has 17 heavy (non-hydrogen) atoms. The number of rotatable bonds is 4. The molecule has 1 heterocycles. The predicted octanol–water partition coefficient (Wildman–Crippen LogP) is 1.64. The molecule has 90 valence electrons. The summed E-state index contributed by atoms with van der Waals surface area (Å²) in [6.07, 6.45) is 3.09. The number of halogens is 1. The van der Waals surface area contributed by atoms with Gasteiger partial charge in [0.05, 0.1) is 17.6 Å². The van der Waals surface area contributed by atoms with Gasteiger partial charge in [-0.25, -0.2) is 9.07 Å². The molecule has 1 aromatic heterocycles. The summed E-state index contributed by atoms with van der Waals surface area (Å²) in [6, 6.07) is 4.56. The van der Waals surface area contributed by atoms with E-state index in [2.05, 4.69) is 10.3 Å². The minimum atomic E-state index is -0.294. The molecule has 0 bridgehead atoms. The lowest BCUT2D eigenvalue weighted by Gasteiger charge is -2.04. The molecule has 0 unspecified atom stereocenters. The largest absolute Gasteiger partial charge is 0.396 e. The fourth-order valence-corrected chi connectivity index (χ4v) is 1.62. The summed E-state index contributed by atoms with van der Waals surface area (Å²) in [5, 5.41) is 16.7. The first-order valence-electron chi connectivity index (χ1n) is 5.49. The summed E-state index contributed by atoms with van der Waals surface area (Å²) < 4.78 is 14.7. The van der Waals surface area contributed by atoms with Crippen LogP contribution in [0.2, 0.25) is 0 Å². The Balaban J connectivity index is 2.27. The second kappa shape index (κ2) is 5.05. The molecule has 1 N–H and O–H groups in total. The number of nitrogens with zero attached hydrogens (tertiary/aromatic N) is 3. The van der Waals surface area contributed by atoms with Crippen LogP contribution in [0.1, 0.15) is 17.7 Å². The van der Waals surface area contributed by atoms with Crippen LogP contribution in [-0.2, 0) is 6.42 Å². The lowest BCUT2D eigenvalue weighted by Crippen LogP contribution is -1.98. The fraction of sp³-hybridized carbons (Fsp3) is 0.333. The van der Waals surface area contributed by atoms with Crippen molar-refractivity contribution in [2.75, 3.05) is 6.61 Å². The zero-order valence-electron chi connectivity index (χ0n) is 9.60. The van der Waals surface area contributed by atoms with Crippen molar-refractivity contribution in [1.29, 1.82) is 0 Å². The van der Waals surface area contributed by atoms with Gasteiger partial charge >= 0.3 is 0 Å². The van der Waals surface area contributed by atoms with Gasteiger partial charge in [-0.1, -0.05) is 11.3 Å². The number of aryl methyl sites for hydroxylation is 2. The monoisotopic (exact) mass is 235 g/mol. The Bertz CT molecular complexity index is 510. The van der Waals surface area contributed by atoms with Crippen LogP contribution in [0.25, 0.3) is 5.69 Å². The van der Waals surface area contributed by atoms with E-state index in [4.69, 9.17) is 5.11 Å². The summed E-state index contributed by atoms with van der Waals surface area (Å²) in [6.45, 7) is 2.02. The maximum atomic E-state index is 13.1. The summed E-state index contributed by atoms with van der Waals surface area (Å²) >= 11 is 0. The van der Waals surface area contributed by atoms with Gasteiger partial charge in [0.25, 0.3) is 0 Å². The normalized spacial score (nSPS) is 10.8. The van der Waals surface area contributed by atoms with Gasteiger partial charge < -0.3 is 5.11 Å².